The Morgan fingerprint density at radius 3 is 2.79 bits per heavy atom. The molecule has 0 aliphatic carbocycles. The highest BCUT2D eigenvalue weighted by Crippen LogP contribution is 2.24. The van der Waals surface area contributed by atoms with Gasteiger partial charge in [0.1, 0.15) is 0 Å². The Morgan fingerprint density at radius 2 is 2.00 bits per heavy atom. The number of hydrogen-bond donors (Lipinski definition) is 1. The van der Waals surface area contributed by atoms with E-state index in [0.717, 1.165) is 32.1 Å². The van der Waals surface area contributed by atoms with Crippen LogP contribution in [0.4, 0.5) is 0 Å². The summed E-state index contributed by atoms with van der Waals surface area (Å²) in [5.41, 5.74) is 0. The van der Waals surface area contributed by atoms with Crippen LogP contribution in [0.1, 0.15) is 32.1 Å². The van der Waals surface area contributed by atoms with Gasteiger partial charge in [-0.15, -0.1) is 0 Å². The summed E-state index contributed by atoms with van der Waals surface area (Å²) >= 11 is 0. The van der Waals surface area contributed by atoms with Gasteiger partial charge in [0.25, 0.3) is 0 Å². The summed E-state index contributed by atoms with van der Waals surface area (Å²) in [5.74, 6) is -0.805. The maximum atomic E-state index is 10.9. The van der Waals surface area contributed by atoms with Gasteiger partial charge in [-0.05, 0) is 51.7 Å². The molecule has 0 amide bonds. The van der Waals surface area contributed by atoms with Gasteiger partial charge >= 0.3 is 5.97 Å². The lowest BCUT2D eigenvalue weighted by atomic mass is 10.1. The van der Waals surface area contributed by atoms with Crippen LogP contribution in [0.5, 0.6) is 0 Å². The number of nitrogens with zero attached hydrogens (tertiary/aromatic N) is 2. The third kappa shape index (κ3) is 3.09. The molecule has 0 spiro atoms. The van der Waals surface area contributed by atoms with Crippen molar-refractivity contribution in [2.45, 2.75) is 50.4 Å². The van der Waals surface area contributed by atoms with E-state index in [0.29, 0.717) is 6.42 Å². The minimum Gasteiger partial charge on any atom is -0.479 e. The lowest BCUT2D eigenvalue weighted by molar-refractivity contribution is -0.149. The number of fused-ring (bicyclic) bond motifs is 1. The lowest BCUT2D eigenvalue weighted by Gasteiger charge is -2.27. The van der Waals surface area contributed by atoms with E-state index in [-0.39, 0.29) is 6.10 Å². The van der Waals surface area contributed by atoms with E-state index in [9.17, 15) is 4.79 Å². The molecule has 5 nitrogen and oxygen atoms in total. The number of ether oxygens (including phenoxy) is 1. The highest BCUT2D eigenvalue weighted by Gasteiger charge is 2.34. The normalized spacial score (nSPS) is 37.2. The van der Waals surface area contributed by atoms with Gasteiger partial charge in [0.2, 0.25) is 0 Å². The molecular weight excluding hydrogens is 244 g/mol. The molecule has 3 aliphatic heterocycles. The fourth-order valence-electron chi connectivity index (χ4n) is 3.76. The Kier molecular flexibility index (Phi) is 4.05. The van der Waals surface area contributed by atoms with E-state index in [2.05, 4.69) is 9.80 Å². The Morgan fingerprint density at radius 1 is 1.16 bits per heavy atom. The molecule has 108 valence electrons. The fraction of sp³-hybridized carbons (Fsp3) is 0.929. The van der Waals surface area contributed by atoms with Crippen molar-refractivity contribution in [1.82, 2.24) is 9.80 Å². The second-order valence-electron chi connectivity index (χ2n) is 6.11. The van der Waals surface area contributed by atoms with Crippen molar-refractivity contribution in [3.8, 4) is 0 Å². The Hall–Kier alpha value is -0.650. The molecule has 0 bridgehead atoms. The van der Waals surface area contributed by atoms with E-state index < -0.39 is 12.1 Å². The Bertz CT molecular complexity index is 337. The first kappa shape index (κ1) is 13.3. The highest BCUT2D eigenvalue weighted by molar-refractivity contribution is 5.72. The van der Waals surface area contributed by atoms with Crippen LogP contribution < -0.4 is 0 Å². The number of carboxylic acid groups (broad SMARTS) is 1. The zero-order valence-corrected chi connectivity index (χ0v) is 11.5. The number of rotatable bonds is 3. The third-order valence-corrected chi connectivity index (χ3v) is 4.73. The van der Waals surface area contributed by atoms with E-state index in [1.807, 2.05) is 0 Å². The quantitative estimate of drug-likeness (QED) is 0.820. The standard InChI is InChI=1S/C14H24N2O3/c17-14(18)13-5-4-12(19-13)10-15-6-2-8-16-7-1-3-11(16)9-15/h11-13H,1-10H2,(H,17,18). The van der Waals surface area contributed by atoms with Gasteiger partial charge < -0.3 is 9.84 Å². The topological polar surface area (TPSA) is 53.0 Å². The van der Waals surface area contributed by atoms with E-state index in [1.54, 1.807) is 0 Å². The monoisotopic (exact) mass is 268 g/mol. The summed E-state index contributed by atoms with van der Waals surface area (Å²) in [6, 6.07) is 0.721. The first-order valence-corrected chi connectivity index (χ1v) is 7.57. The van der Waals surface area contributed by atoms with Crippen molar-refractivity contribution in [3.05, 3.63) is 0 Å². The molecule has 0 radical (unpaired) electrons. The van der Waals surface area contributed by atoms with Crippen LogP contribution in [-0.4, -0.2) is 71.8 Å². The summed E-state index contributed by atoms with van der Waals surface area (Å²) < 4.78 is 5.62. The van der Waals surface area contributed by atoms with Crippen LogP contribution in [-0.2, 0) is 9.53 Å². The number of carboxylic acids is 1. The molecule has 0 saturated carbocycles. The van der Waals surface area contributed by atoms with Gasteiger partial charge in [0.05, 0.1) is 6.10 Å². The molecule has 3 heterocycles. The molecule has 19 heavy (non-hydrogen) atoms. The molecule has 0 aromatic carbocycles. The number of aliphatic carboxylic acids is 1. The van der Waals surface area contributed by atoms with Crippen molar-refractivity contribution in [1.29, 1.82) is 0 Å². The lowest BCUT2D eigenvalue weighted by Crippen LogP contribution is -2.40. The third-order valence-electron chi connectivity index (χ3n) is 4.73. The SMILES string of the molecule is O=C(O)C1CCC(CN2CCCN3CCCC3C2)O1. The molecule has 3 atom stereocenters. The summed E-state index contributed by atoms with van der Waals surface area (Å²) in [6.07, 6.45) is 4.99. The van der Waals surface area contributed by atoms with Crippen LogP contribution >= 0.6 is 0 Å². The van der Waals surface area contributed by atoms with E-state index in [4.69, 9.17) is 9.84 Å². The minimum atomic E-state index is -0.805. The van der Waals surface area contributed by atoms with Crippen molar-refractivity contribution < 1.29 is 14.6 Å². The molecule has 3 unspecified atom stereocenters. The highest BCUT2D eigenvalue weighted by atomic mass is 16.5. The van der Waals surface area contributed by atoms with Crippen LogP contribution in [0.25, 0.3) is 0 Å². The van der Waals surface area contributed by atoms with Crippen LogP contribution in [0.3, 0.4) is 0 Å². The molecule has 3 aliphatic rings. The smallest absolute Gasteiger partial charge is 0.332 e. The predicted octanol–water partition coefficient (Wildman–Crippen LogP) is 0.789. The van der Waals surface area contributed by atoms with Crippen molar-refractivity contribution in [2.75, 3.05) is 32.7 Å². The van der Waals surface area contributed by atoms with Gasteiger partial charge in [0.15, 0.2) is 6.10 Å². The Labute approximate surface area is 114 Å². The van der Waals surface area contributed by atoms with Gasteiger partial charge in [-0.3, -0.25) is 9.80 Å². The maximum absolute atomic E-state index is 10.9. The summed E-state index contributed by atoms with van der Waals surface area (Å²) in [6.45, 7) is 5.67. The van der Waals surface area contributed by atoms with Crippen molar-refractivity contribution in [2.24, 2.45) is 0 Å². The average Bonchev–Trinajstić information content (AvgIpc) is 2.96. The van der Waals surface area contributed by atoms with E-state index in [1.165, 1.54) is 32.4 Å². The maximum Gasteiger partial charge on any atom is 0.332 e. The molecule has 3 rings (SSSR count). The minimum absolute atomic E-state index is 0.119. The predicted molar refractivity (Wildman–Crippen MR) is 71.2 cm³/mol. The fourth-order valence-corrected chi connectivity index (χ4v) is 3.76. The molecule has 1 N–H and O–H groups in total. The Balaban J connectivity index is 1.51. The summed E-state index contributed by atoms with van der Waals surface area (Å²) in [4.78, 5) is 16.0. The molecule has 0 aromatic rings. The van der Waals surface area contributed by atoms with Gasteiger partial charge in [-0.1, -0.05) is 0 Å². The van der Waals surface area contributed by atoms with Gasteiger partial charge in [-0.2, -0.15) is 0 Å². The molecule has 3 saturated heterocycles. The van der Waals surface area contributed by atoms with Gasteiger partial charge in [-0.25, -0.2) is 4.79 Å². The van der Waals surface area contributed by atoms with Crippen LogP contribution in [0.2, 0.25) is 0 Å². The first-order valence-electron chi connectivity index (χ1n) is 7.57. The van der Waals surface area contributed by atoms with Crippen LogP contribution in [0.15, 0.2) is 0 Å². The van der Waals surface area contributed by atoms with Crippen LogP contribution in [0, 0.1) is 0 Å². The van der Waals surface area contributed by atoms with Crippen molar-refractivity contribution in [3.63, 3.8) is 0 Å². The second kappa shape index (κ2) is 5.77. The first-order chi connectivity index (χ1) is 9.22. The van der Waals surface area contributed by atoms with E-state index >= 15 is 0 Å². The zero-order valence-electron chi connectivity index (χ0n) is 11.5. The average molecular weight is 268 g/mol. The molecular formula is C14H24N2O3. The molecule has 5 heteroatoms. The summed E-state index contributed by atoms with van der Waals surface area (Å²) in [7, 11) is 0. The molecule has 0 aromatic heterocycles. The summed E-state index contributed by atoms with van der Waals surface area (Å²) in [5, 5.41) is 8.96. The van der Waals surface area contributed by atoms with Crippen molar-refractivity contribution >= 4 is 5.97 Å². The second-order valence-corrected chi connectivity index (χ2v) is 6.11. The van der Waals surface area contributed by atoms with Gasteiger partial charge in [0, 0.05) is 19.1 Å². The molecule has 3 fully saturated rings. The largest absolute Gasteiger partial charge is 0.479 e. The number of hydrogen-bond acceptors (Lipinski definition) is 4. The zero-order chi connectivity index (χ0) is 13.2. The number of carbonyl (C=O) groups is 1.